The third-order valence-electron chi connectivity index (χ3n) is 4.18. The van der Waals surface area contributed by atoms with Crippen LogP contribution in [0.2, 0.25) is 0 Å². The maximum atomic E-state index is 12.2. The number of amides is 1. The fourth-order valence-corrected chi connectivity index (χ4v) is 2.89. The highest BCUT2D eigenvalue weighted by atomic mass is 16.5. The second kappa shape index (κ2) is 9.38. The van der Waals surface area contributed by atoms with Crippen LogP contribution in [0.1, 0.15) is 19.4 Å². The van der Waals surface area contributed by atoms with Gasteiger partial charge in [0.05, 0.1) is 12.3 Å². The Kier molecular flexibility index (Phi) is 6.43. The van der Waals surface area contributed by atoms with Crippen molar-refractivity contribution >= 4 is 12.0 Å². The molecular formula is C23H22N4O2. The number of rotatable bonds is 7. The van der Waals surface area contributed by atoms with Crippen LogP contribution in [-0.4, -0.2) is 28.8 Å². The fourth-order valence-electron chi connectivity index (χ4n) is 2.89. The topological polar surface area (TPSA) is 79.9 Å². The lowest BCUT2D eigenvalue weighted by atomic mass is 10.1. The van der Waals surface area contributed by atoms with Crippen molar-refractivity contribution in [2.45, 2.75) is 13.8 Å². The summed E-state index contributed by atoms with van der Waals surface area (Å²) in [5.41, 5.74) is 3.08. The number of carbonyl (C=O) groups excluding carboxylic acids is 1. The van der Waals surface area contributed by atoms with Gasteiger partial charge in [0.2, 0.25) is 0 Å². The Bertz CT molecular complexity index is 1060. The van der Waals surface area contributed by atoms with Crippen molar-refractivity contribution in [3.63, 3.8) is 0 Å². The highest BCUT2D eigenvalue weighted by molar-refractivity contribution is 6.02. The number of nitrogens with zero attached hydrogens (tertiary/aromatic N) is 3. The van der Waals surface area contributed by atoms with Crippen LogP contribution < -0.4 is 10.1 Å². The van der Waals surface area contributed by atoms with E-state index in [9.17, 15) is 10.1 Å². The predicted molar refractivity (Wildman–Crippen MR) is 112 cm³/mol. The summed E-state index contributed by atoms with van der Waals surface area (Å²) in [4.78, 5) is 12.2. The summed E-state index contributed by atoms with van der Waals surface area (Å²) in [6.07, 6.45) is 3.38. The summed E-state index contributed by atoms with van der Waals surface area (Å²) in [5.74, 6) is 0.329. The van der Waals surface area contributed by atoms with E-state index in [1.54, 1.807) is 10.8 Å². The number of carbonyl (C=O) groups is 1. The van der Waals surface area contributed by atoms with Gasteiger partial charge in [0.25, 0.3) is 5.91 Å². The molecule has 0 saturated heterocycles. The van der Waals surface area contributed by atoms with Gasteiger partial charge in [-0.2, -0.15) is 10.4 Å². The average Bonchev–Trinajstić information content (AvgIpc) is 3.17. The fraction of sp³-hybridized carbons (Fsp3) is 0.174. The Morgan fingerprint density at radius 3 is 2.69 bits per heavy atom. The van der Waals surface area contributed by atoms with Crippen molar-refractivity contribution in [1.82, 2.24) is 15.1 Å². The lowest BCUT2D eigenvalue weighted by Crippen LogP contribution is -2.23. The van der Waals surface area contributed by atoms with Crippen LogP contribution in [0.25, 0.3) is 23.0 Å². The van der Waals surface area contributed by atoms with Crippen LogP contribution in [0.5, 0.6) is 5.75 Å². The SMILES string of the molecule is CCNC(=O)/C(C#N)=C\c1cn(-c2ccccc2)nc1-c1cccc(OCC)c1. The zero-order chi connectivity index (χ0) is 20.6. The molecule has 1 aromatic heterocycles. The van der Waals surface area contributed by atoms with Gasteiger partial charge in [-0.15, -0.1) is 0 Å². The molecule has 1 amide bonds. The first-order valence-corrected chi connectivity index (χ1v) is 9.44. The normalized spacial score (nSPS) is 11.0. The number of benzene rings is 2. The maximum absolute atomic E-state index is 12.2. The predicted octanol–water partition coefficient (Wildman–Crippen LogP) is 3.98. The van der Waals surface area contributed by atoms with Crippen LogP contribution >= 0.6 is 0 Å². The molecule has 0 radical (unpaired) electrons. The Balaban J connectivity index is 2.13. The van der Waals surface area contributed by atoms with E-state index in [2.05, 4.69) is 5.32 Å². The minimum atomic E-state index is -0.406. The molecule has 1 N–H and O–H groups in total. The molecule has 0 fully saturated rings. The molecular weight excluding hydrogens is 364 g/mol. The van der Waals surface area contributed by atoms with Gasteiger partial charge >= 0.3 is 0 Å². The summed E-state index contributed by atoms with van der Waals surface area (Å²) in [7, 11) is 0. The molecule has 2 aromatic carbocycles. The third kappa shape index (κ3) is 4.71. The number of para-hydroxylation sites is 1. The van der Waals surface area contributed by atoms with Crippen molar-refractivity contribution < 1.29 is 9.53 Å². The van der Waals surface area contributed by atoms with E-state index < -0.39 is 5.91 Å². The molecule has 0 spiro atoms. The molecule has 0 atom stereocenters. The molecule has 29 heavy (non-hydrogen) atoms. The first kappa shape index (κ1) is 19.9. The van der Waals surface area contributed by atoms with Crippen molar-refractivity contribution in [3.05, 3.63) is 71.9 Å². The van der Waals surface area contributed by atoms with Gasteiger partial charge in [-0.05, 0) is 44.2 Å². The smallest absolute Gasteiger partial charge is 0.261 e. The van der Waals surface area contributed by atoms with Crippen LogP contribution in [0.4, 0.5) is 0 Å². The molecule has 0 unspecified atom stereocenters. The molecule has 3 aromatic rings. The summed E-state index contributed by atoms with van der Waals surface area (Å²) in [5, 5.41) is 16.8. The molecule has 0 aliphatic heterocycles. The van der Waals surface area contributed by atoms with Crippen LogP contribution in [-0.2, 0) is 4.79 Å². The van der Waals surface area contributed by atoms with Gasteiger partial charge in [0.1, 0.15) is 23.1 Å². The lowest BCUT2D eigenvalue weighted by Gasteiger charge is -2.05. The molecule has 146 valence electrons. The van der Waals surface area contributed by atoms with Gasteiger partial charge in [0.15, 0.2) is 0 Å². The van der Waals surface area contributed by atoms with Crippen molar-refractivity contribution in [2.75, 3.05) is 13.2 Å². The van der Waals surface area contributed by atoms with Crippen LogP contribution in [0.3, 0.4) is 0 Å². The van der Waals surface area contributed by atoms with Gasteiger partial charge in [0, 0.05) is 23.9 Å². The maximum Gasteiger partial charge on any atom is 0.261 e. The number of hydrogen-bond donors (Lipinski definition) is 1. The first-order valence-electron chi connectivity index (χ1n) is 9.44. The Labute approximate surface area is 170 Å². The van der Waals surface area contributed by atoms with Crippen molar-refractivity contribution in [1.29, 1.82) is 5.26 Å². The quantitative estimate of drug-likeness (QED) is 0.492. The summed E-state index contributed by atoms with van der Waals surface area (Å²) in [6.45, 7) is 4.75. The average molecular weight is 386 g/mol. The second-order valence-corrected chi connectivity index (χ2v) is 6.20. The van der Waals surface area contributed by atoms with E-state index >= 15 is 0 Å². The summed E-state index contributed by atoms with van der Waals surface area (Å²) < 4.78 is 7.34. The molecule has 1 heterocycles. The standard InChI is InChI=1S/C23H22N4O2/c1-3-25-23(28)18(15-24)13-19-16-27(20-10-6-5-7-11-20)26-22(19)17-9-8-12-21(14-17)29-4-2/h5-14,16H,3-4H2,1-2H3,(H,25,28)/b18-13-. The van der Waals surface area contributed by atoms with E-state index in [-0.39, 0.29) is 5.57 Å². The van der Waals surface area contributed by atoms with E-state index in [0.29, 0.717) is 24.4 Å². The molecule has 3 rings (SSSR count). The summed E-state index contributed by atoms with van der Waals surface area (Å²) >= 11 is 0. The third-order valence-corrected chi connectivity index (χ3v) is 4.18. The van der Waals surface area contributed by atoms with Crippen molar-refractivity contribution in [2.24, 2.45) is 0 Å². The molecule has 0 aliphatic rings. The van der Waals surface area contributed by atoms with E-state index in [1.165, 1.54) is 0 Å². The van der Waals surface area contributed by atoms with E-state index in [4.69, 9.17) is 9.84 Å². The first-order chi connectivity index (χ1) is 14.2. The van der Waals surface area contributed by atoms with Gasteiger partial charge < -0.3 is 10.1 Å². The Morgan fingerprint density at radius 2 is 2.00 bits per heavy atom. The molecule has 0 bridgehead atoms. The number of nitrogens with one attached hydrogen (secondary N) is 1. The molecule has 0 saturated carbocycles. The molecule has 6 nitrogen and oxygen atoms in total. The monoisotopic (exact) mass is 386 g/mol. The number of nitriles is 1. The zero-order valence-electron chi connectivity index (χ0n) is 16.4. The Hall–Kier alpha value is -3.85. The van der Waals surface area contributed by atoms with Gasteiger partial charge in [-0.1, -0.05) is 30.3 Å². The lowest BCUT2D eigenvalue weighted by molar-refractivity contribution is -0.116. The van der Waals surface area contributed by atoms with Crippen molar-refractivity contribution in [3.8, 4) is 28.8 Å². The molecule has 6 heteroatoms. The number of hydrogen-bond acceptors (Lipinski definition) is 4. The highest BCUT2D eigenvalue weighted by Crippen LogP contribution is 2.28. The van der Waals surface area contributed by atoms with E-state index in [1.807, 2.05) is 80.7 Å². The second-order valence-electron chi connectivity index (χ2n) is 6.20. The highest BCUT2D eigenvalue weighted by Gasteiger charge is 2.15. The van der Waals surface area contributed by atoms with Gasteiger partial charge in [-0.25, -0.2) is 4.68 Å². The largest absolute Gasteiger partial charge is 0.494 e. The van der Waals surface area contributed by atoms with Gasteiger partial charge in [-0.3, -0.25) is 4.79 Å². The van der Waals surface area contributed by atoms with E-state index in [0.717, 1.165) is 17.0 Å². The molecule has 0 aliphatic carbocycles. The zero-order valence-corrected chi connectivity index (χ0v) is 16.4. The number of aromatic nitrogens is 2. The van der Waals surface area contributed by atoms with Crippen LogP contribution in [0.15, 0.2) is 66.4 Å². The number of ether oxygens (including phenoxy) is 1. The number of likely N-dealkylation sites (N-methyl/N-ethyl adjacent to an activating group) is 1. The minimum absolute atomic E-state index is 0.0293. The summed E-state index contributed by atoms with van der Waals surface area (Å²) in [6, 6.07) is 19.3. The Morgan fingerprint density at radius 1 is 1.21 bits per heavy atom. The van der Waals surface area contributed by atoms with Crippen LogP contribution in [0, 0.1) is 11.3 Å². The minimum Gasteiger partial charge on any atom is -0.494 e.